The average molecular weight is 374 g/mol. The third kappa shape index (κ3) is 4.19. The van der Waals surface area contributed by atoms with Crippen molar-refractivity contribution in [2.45, 2.75) is 26.3 Å². The van der Waals surface area contributed by atoms with Crippen molar-refractivity contribution in [2.24, 2.45) is 0 Å². The maximum absolute atomic E-state index is 13.8. The number of benzene rings is 2. The fraction of sp³-hybridized carbons (Fsp3) is 0.200. The Morgan fingerprint density at radius 2 is 1.74 bits per heavy atom. The largest absolute Gasteiger partial charge is 0.476 e. The molecule has 0 aliphatic heterocycles. The summed E-state index contributed by atoms with van der Waals surface area (Å²) < 4.78 is 42.8. The van der Waals surface area contributed by atoms with Crippen LogP contribution in [0, 0.1) is 24.4 Å². The van der Waals surface area contributed by atoms with Gasteiger partial charge in [-0.15, -0.1) is 0 Å². The zero-order valence-corrected chi connectivity index (χ0v) is 14.5. The van der Waals surface area contributed by atoms with Crippen LogP contribution in [-0.2, 0) is 19.4 Å². The zero-order chi connectivity index (χ0) is 19.6. The number of aryl methyl sites for hydroxylation is 2. The first-order valence-electron chi connectivity index (χ1n) is 8.33. The van der Waals surface area contributed by atoms with Gasteiger partial charge in [-0.1, -0.05) is 12.1 Å². The van der Waals surface area contributed by atoms with E-state index < -0.39 is 23.4 Å². The highest BCUT2D eigenvalue weighted by Crippen LogP contribution is 2.19. The normalized spacial score (nSPS) is 11.0. The number of aromatic nitrogens is 2. The maximum Gasteiger partial charge on any atom is 0.356 e. The van der Waals surface area contributed by atoms with Crippen LogP contribution in [0.15, 0.2) is 42.5 Å². The topological polar surface area (TPSA) is 55.1 Å². The summed E-state index contributed by atoms with van der Waals surface area (Å²) in [5, 5.41) is 13.0. The smallest absolute Gasteiger partial charge is 0.356 e. The first-order chi connectivity index (χ1) is 12.8. The van der Waals surface area contributed by atoms with Crippen molar-refractivity contribution in [1.82, 2.24) is 9.78 Å². The molecular weight excluding hydrogens is 357 g/mol. The Bertz CT molecular complexity index is 979. The Morgan fingerprint density at radius 3 is 2.37 bits per heavy atom. The van der Waals surface area contributed by atoms with E-state index in [0.29, 0.717) is 23.2 Å². The second kappa shape index (κ2) is 7.65. The molecule has 1 heterocycles. The Kier molecular flexibility index (Phi) is 5.30. The molecule has 0 radical (unpaired) electrons. The second-order valence-electron chi connectivity index (χ2n) is 6.25. The standard InChI is InChI=1S/C20H17F3N2O2/c1-12-9-19(20(26)27)24-25(12)11-14-10-15(21)7-5-13(14)6-8-16-17(22)3-2-4-18(16)23/h2-5,7,9-10H,6,8,11H2,1H3,(H,26,27). The lowest BCUT2D eigenvalue weighted by Crippen LogP contribution is -2.09. The quantitative estimate of drug-likeness (QED) is 0.706. The Labute approximate surface area is 153 Å². The summed E-state index contributed by atoms with van der Waals surface area (Å²) in [6.45, 7) is 1.86. The second-order valence-corrected chi connectivity index (χ2v) is 6.25. The van der Waals surface area contributed by atoms with Gasteiger partial charge in [-0.2, -0.15) is 5.10 Å². The molecule has 0 saturated heterocycles. The van der Waals surface area contributed by atoms with E-state index in [0.717, 1.165) is 0 Å². The number of rotatable bonds is 6. The molecule has 0 unspecified atom stereocenters. The van der Waals surface area contributed by atoms with E-state index in [-0.39, 0.29) is 24.2 Å². The third-order valence-electron chi connectivity index (χ3n) is 4.39. The number of halogens is 3. The van der Waals surface area contributed by atoms with Gasteiger partial charge in [-0.25, -0.2) is 18.0 Å². The molecule has 1 N–H and O–H groups in total. The van der Waals surface area contributed by atoms with Crippen LogP contribution in [0.25, 0.3) is 0 Å². The fourth-order valence-electron chi connectivity index (χ4n) is 2.95. The van der Waals surface area contributed by atoms with Crippen molar-refractivity contribution in [3.05, 3.63) is 88.0 Å². The summed E-state index contributed by atoms with van der Waals surface area (Å²) >= 11 is 0. The molecule has 2 aromatic carbocycles. The van der Waals surface area contributed by atoms with Gasteiger partial charge in [-0.3, -0.25) is 4.68 Å². The molecule has 140 valence electrons. The molecule has 0 amide bonds. The summed E-state index contributed by atoms with van der Waals surface area (Å²) in [4.78, 5) is 11.1. The number of carbonyl (C=O) groups is 1. The van der Waals surface area contributed by atoms with Crippen LogP contribution in [0.3, 0.4) is 0 Å². The summed E-state index contributed by atoms with van der Waals surface area (Å²) in [6, 6.07) is 9.31. The van der Waals surface area contributed by atoms with Crippen molar-refractivity contribution < 1.29 is 23.1 Å². The minimum atomic E-state index is -1.15. The van der Waals surface area contributed by atoms with Gasteiger partial charge in [0.15, 0.2) is 5.69 Å². The number of carboxylic acid groups (broad SMARTS) is 1. The molecule has 0 spiro atoms. The van der Waals surface area contributed by atoms with Gasteiger partial charge < -0.3 is 5.11 Å². The highest BCUT2D eigenvalue weighted by Gasteiger charge is 2.14. The van der Waals surface area contributed by atoms with Gasteiger partial charge in [0.05, 0.1) is 6.54 Å². The van der Waals surface area contributed by atoms with Crippen LogP contribution >= 0.6 is 0 Å². The van der Waals surface area contributed by atoms with Crippen LogP contribution < -0.4 is 0 Å². The van der Waals surface area contributed by atoms with Crippen LogP contribution in [0.4, 0.5) is 13.2 Å². The molecule has 1 aromatic heterocycles. The first-order valence-corrected chi connectivity index (χ1v) is 8.33. The monoisotopic (exact) mass is 374 g/mol. The Hall–Kier alpha value is -3.09. The molecule has 0 fully saturated rings. The fourth-order valence-corrected chi connectivity index (χ4v) is 2.95. The van der Waals surface area contributed by atoms with Crippen molar-refractivity contribution in [3.8, 4) is 0 Å². The molecule has 27 heavy (non-hydrogen) atoms. The lowest BCUT2D eigenvalue weighted by molar-refractivity contribution is 0.0689. The summed E-state index contributed by atoms with van der Waals surface area (Å²) in [5.41, 5.74) is 1.79. The van der Waals surface area contributed by atoms with Crippen molar-refractivity contribution in [3.63, 3.8) is 0 Å². The van der Waals surface area contributed by atoms with E-state index in [2.05, 4.69) is 5.10 Å². The Balaban J connectivity index is 1.86. The van der Waals surface area contributed by atoms with E-state index in [1.54, 1.807) is 13.0 Å². The van der Waals surface area contributed by atoms with E-state index in [1.165, 1.54) is 41.1 Å². The molecule has 0 aliphatic carbocycles. The van der Waals surface area contributed by atoms with Crippen LogP contribution in [-0.4, -0.2) is 20.9 Å². The lowest BCUT2D eigenvalue weighted by atomic mass is 9.99. The summed E-state index contributed by atoms with van der Waals surface area (Å²) in [6.07, 6.45) is 0.426. The van der Waals surface area contributed by atoms with Crippen LogP contribution in [0.5, 0.6) is 0 Å². The number of carboxylic acids is 1. The molecular formula is C20H17F3N2O2. The molecule has 0 bridgehead atoms. The molecule has 4 nitrogen and oxygen atoms in total. The van der Waals surface area contributed by atoms with Crippen LogP contribution in [0.2, 0.25) is 0 Å². The van der Waals surface area contributed by atoms with Gasteiger partial charge in [0.25, 0.3) is 0 Å². The van der Waals surface area contributed by atoms with Crippen molar-refractivity contribution in [1.29, 1.82) is 0 Å². The third-order valence-corrected chi connectivity index (χ3v) is 4.39. The minimum absolute atomic E-state index is 0.0174. The maximum atomic E-state index is 13.8. The number of nitrogens with zero attached hydrogens (tertiary/aromatic N) is 2. The van der Waals surface area contributed by atoms with E-state index in [4.69, 9.17) is 5.11 Å². The number of hydrogen-bond donors (Lipinski definition) is 1. The van der Waals surface area contributed by atoms with Gasteiger partial charge in [0, 0.05) is 11.3 Å². The predicted molar refractivity (Wildman–Crippen MR) is 93.2 cm³/mol. The van der Waals surface area contributed by atoms with Crippen LogP contribution in [0.1, 0.15) is 32.9 Å². The highest BCUT2D eigenvalue weighted by molar-refractivity contribution is 5.85. The first kappa shape index (κ1) is 18.7. The zero-order valence-electron chi connectivity index (χ0n) is 14.5. The van der Waals surface area contributed by atoms with E-state index >= 15 is 0 Å². The summed E-state index contributed by atoms with van der Waals surface area (Å²) in [7, 11) is 0. The predicted octanol–water partition coefficient (Wildman–Crippen LogP) is 4.14. The Morgan fingerprint density at radius 1 is 1.04 bits per heavy atom. The van der Waals surface area contributed by atoms with Gasteiger partial charge in [0.1, 0.15) is 17.5 Å². The molecule has 3 aromatic rings. The van der Waals surface area contributed by atoms with Gasteiger partial charge in [0.2, 0.25) is 0 Å². The molecule has 0 aliphatic rings. The molecule has 3 rings (SSSR count). The summed E-state index contributed by atoms with van der Waals surface area (Å²) in [5.74, 6) is -2.83. The number of hydrogen-bond acceptors (Lipinski definition) is 2. The van der Waals surface area contributed by atoms with Gasteiger partial charge >= 0.3 is 5.97 Å². The van der Waals surface area contributed by atoms with Crippen molar-refractivity contribution >= 4 is 5.97 Å². The molecule has 0 saturated carbocycles. The van der Waals surface area contributed by atoms with Crippen molar-refractivity contribution in [2.75, 3.05) is 0 Å². The lowest BCUT2D eigenvalue weighted by Gasteiger charge is -2.12. The van der Waals surface area contributed by atoms with Gasteiger partial charge in [-0.05, 0) is 61.2 Å². The number of aromatic carboxylic acids is 1. The minimum Gasteiger partial charge on any atom is -0.476 e. The molecule has 7 heteroatoms. The van der Waals surface area contributed by atoms with E-state index in [9.17, 15) is 18.0 Å². The molecule has 0 atom stereocenters. The van der Waals surface area contributed by atoms with E-state index in [1.807, 2.05) is 0 Å². The SMILES string of the molecule is Cc1cc(C(=O)O)nn1Cc1cc(F)ccc1CCc1c(F)cccc1F. The average Bonchev–Trinajstić information content (AvgIpc) is 2.97. The highest BCUT2D eigenvalue weighted by atomic mass is 19.1.